The Morgan fingerprint density at radius 2 is 1.52 bits per heavy atom. The Hall–Kier alpha value is -1.90. The standard InChI is InChI=1S/C25H50N8O13/c1-2-25(42,33-24(29)30)23(41)32-9-5-8(26)19(45-21-13(28)16(38)15(37)10(43-21)6-31-3-4-34)18(40)20(9)46-22-17(39)12(27)14(36)11(7-35)44-22/h8-22,31,34-40,42H,2-7,26-28H2,1H3,(H,32,41)(H4,29,30,33)/t8-,9+,10+,11+,12-,13+,14+,15+,16+,17+,18-,19?,20-,21+,22+,25?/m0/s1. The molecule has 1 aliphatic carbocycles. The van der Waals surface area contributed by atoms with Gasteiger partial charge in [-0.15, -0.1) is 0 Å². The molecule has 3 rings (SSSR count). The number of aliphatic imine (C=N–C) groups is 1. The molecule has 2 aliphatic heterocycles. The lowest BCUT2D eigenvalue weighted by molar-refractivity contribution is -0.320. The van der Waals surface area contributed by atoms with Crippen LogP contribution in [-0.4, -0.2) is 176 Å². The lowest BCUT2D eigenvalue weighted by Gasteiger charge is -2.49. The minimum Gasteiger partial charge on any atom is -0.395 e. The highest BCUT2D eigenvalue weighted by molar-refractivity contribution is 5.88. The van der Waals surface area contributed by atoms with Gasteiger partial charge in [-0.1, -0.05) is 6.92 Å². The first kappa shape index (κ1) is 38.5. The van der Waals surface area contributed by atoms with Crippen molar-refractivity contribution in [3.63, 3.8) is 0 Å². The highest BCUT2D eigenvalue weighted by Crippen LogP contribution is 2.32. The Labute approximate surface area is 264 Å². The molecule has 2 saturated heterocycles. The van der Waals surface area contributed by atoms with Crippen LogP contribution < -0.4 is 39.3 Å². The second-order valence-electron chi connectivity index (χ2n) is 11.7. The average molecular weight is 671 g/mol. The van der Waals surface area contributed by atoms with Gasteiger partial charge in [-0.25, -0.2) is 4.99 Å². The fourth-order valence-corrected chi connectivity index (χ4v) is 5.63. The number of amides is 1. The van der Waals surface area contributed by atoms with E-state index in [1.165, 1.54) is 6.92 Å². The lowest BCUT2D eigenvalue weighted by atomic mass is 9.83. The molecule has 0 aromatic rings. The molecule has 21 nitrogen and oxygen atoms in total. The molecule has 2 heterocycles. The number of ether oxygens (including phenoxy) is 4. The molecule has 0 radical (unpaired) electrons. The van der Waals surface area contributed by atoms with Gasteiger partial charge in [0, 0.05) is 25.6 Å². The molecule has 46 heavy (non-hydrogen) atoms. The van der Waals surface area contributed by atoms with Crippen molar-refractivity contribution in [3.05, 3.63) is 0 Å². The van der Waals surface area contributed by atoms with Gasteiger partial charge in [-0.2, -0.15) is 0 Å². The molecule has 268 valence electrons. The number of nitrogens with one attached hydrogen (secondary N) is 2. The summed E-state index contributed by atoms with van der Waals surface area (Å²) in [6, 6.07) is -4.97. The number of nitrogens with two attached hydrogens (primary N) is 5. The van der Waals surface area contributed by atoms with Crippen LogP contribution in [0.1, 0.15) is 19.8 Å². The molecule has 0 aromatic heterocycles. The van der Waals surface area contributed by atoms with E-state index in [9.17, 15) is 40.5 Å². The molecule has 3 aliphatic rings. The van der Waals surface area contributed by atoms with E-state index < -0.39 is 116 Å². The number of carbonyl (C=O) groups is 1. The quantitative estimate of drug-likeness (QED) is 0.0491. The Kier molecular flexibility index (Phi) is 13.8. The molecule has 1 amide bonds. The molecule has 20 N–H and O–H groups in total. The first-order valence-corrected chi connectivity index (χ1v) is 15.0. The van der Waals surface area contributed by atoms with E-state index >= 15 is 0 Å². The van der Waals surface area contributed by atoms with Crippen LogP contribution in [0.4, 0.5) is 0 Å². The van der Waals surface area contributed by atoms with Crippen molar-refractivity contribution in [3.8, 4) is 0 Å². The molecule has 16 atom stereocenters. The fraction of sp³-hybridized carbons (Fsp3) is 0.920. The molecular weight excluding hydrogens is 620 g/mol. The third-order valence-electron chi connectivity index (χ3n) is 8.41. The number of aliphatic hydroxyl groups excluding tert-OH is 7. The van der Waals surface area contributed by atoms with Gasteiger partial charge in [-0.3, -0.25) is 4.79 Å². The summed E-state index contributed by atoms with van der Waals surface area (Å²) in [6.45, 7) is 0.700. The van der Waals surface area contributed by atoms with E-state index in [0.717, 1.165) is 0 Å². The number of hydrogen-bond acceptors (Lipinski definition) is 18. The lowest BCUT2D eigenvalue weighted by Crippen LogP contribution is -2.70. The van der Waals surface area contributed by atoms with Gasteiger partial charge >= 0.3 is 0 Å². The van der Waals surface area contributed by atoms with E-state index in [4.69, 9.17) is 52.7 Å². The summed E-state index contributed by atoms with van der Waals surface area (Å²) in [5, 5.41) is 88.4. The zero-order valence-electron chi connectivity index (χ0n) is 25.4. The summed E-state index contributed by atoms with van der Waals surface area (Å²) in [4.78, 5) is 16.8. The summed E-state index contributed by atoms with van der Waals surface area (Å²) in [5.74, 6) is -1.66. The average Bonchev–Trinajstić information content (AvgIpc) is 3.01. The number of aliphatic hydroxyl groups is 8. The number of rotatable bonds is 13. The first-order chi connectivity index (χ1) is 21.6. The Morgan fingerprint density at radius 1 is 0.891 bits per heavy atom. The van der Waals surface area contributed by atoms with Gasteiger partial charge in [0.2, 0.25) is 5.72 Å². The van der Waals surface area contributed by atoms with Crippen molar-refractivity contribution in [2.75, 3.05) is 26.3 Å². The van der Waals surface area contributed by atoms with E-state index in [1.807, 2.05) is 0 Å². The van der Waals surface area contributed by atoms with Crippen LogP contribution in [-0.2, 0) is 23.7 Å². The second-order valence-corrected chi connectivity index (χ2v) is 11.7. The van der Waals surface area contributed by atoms with Gasteiger partial charge < -0.3 is 99.1 Å². The molecule has 2 unspecified atom stereocenters. The molecule has 3 fully saturated rings. The zero-order valence-corrected chi connectivity index (χ0v) is 25.4. The van der Waals surface area contributed by atoms with Crippen molar-refractivity contribution in [2.45, 2.75) is 117 Å². The highest BCUT2D eigenvalue weighted by Gasteiger charge is 2.53. The van der Waals surface area contributed by atoms with Crippen molar-refractivity contribution in [2.24, 2.45) is 33.7 Å². The minimum atomic E-state index is -2.42. The Morgan fingerprint density at radius 3 is 2.11 bits per heavy atom. The predicted octanol–water partition coefficient (Wildman–Crippen LogP) is -9.17. The third-order valence-corrected chi connectivity index (χ3v) is 8.41. The van der Waals surface area contributed by atoms with Crippen molar-refractivity contribution < 1.29 is 64.6 Å². The number of guanidine groups is 1. The van der Waals surface area contributed by atoms with Crippen LogP contribution in [0.3, 0.4) is 0 Å². The monoisotopic (exact) mass is 670 g/mol. The summed E-state index contributed by atoms with van der Waals surface area (Å²) in [7, 11) is 0. The Bertz CT molecular complexity index is 1010. The first-order valence-electron chi connectivity index (χ1n) is 15.0. The van der Waals surface area contributed by atoms with Crippen LogP contribution >= 0.6 is 0 Å². The maximum atomic E-state index is 13.2. The predicted molar refractivity (Wildman–Crippen MR) is 156 cm³/mol. The van der Waals surface area contributed by atoms with E-state index in [1.54, 1.807) is 0 Å². The van der Waals surface area contributed by atoms with Crippen molar-refractivity contribution in [1.29, 1.82) is 0 Å². The smallest absolute Gasteiger partial charge is 0.275 e. The van der Waals surface area contributed by atoms with Gasteiger partial charge in [0.25, 0.3) is 5.91 Å². The number of nitrogens with zero attached hydrogens (tertiary/aromatic N) is 1. The van der Waals surface area contributed by atoms with Gasteiger partial charge in [0.15, 0.2) is 18.5 Å². The second kappa shape index (κ2) is 16.5. The van der Waals surface area contributed by atoms with Crippen LogP contribution in [0.15, 0.2) is 4.99 Å². The molecule has 0 spiro atoms. The van der Waals surface area contributed by atoms with Gasteiger partial charge in [0.1, 0.15) is 54.9 Å². The Balaban J connectivity index is 1.90. The molecule has 21 heteroatoms. The van der Waals surface area contributed by atoms with Crippen LogP contribution in [0, 0.1) is 0 Å². The maximum Gasteiger partial charge on any atom is 0.275 e. The maximum absolute atomic E-state index is 13.2. The largest absolute Gasteiger partial charge is 0.395 e. The van der Waals surface area contributed by atoms with E-state index in [-0.39, 0.29) is 32.5 Å². The summed E-state index contributed by atoms with van der Waals surface area (Å²) in [6.07, 6.45) is -16.6. The topological polar surface area (TPSA) is 382 Å². The number of hydrogen-bond donors (Lipinski definition) is 15. The highest BCUT2D eigenvalue weighted by atomic mass is 16.7. The van der Waals surface area contributed by atoms with Crippen molar-refractivity contribution in [1.82, 2.24) is 10.6 Å². The summed E-state index contributed by atoms with van der Waals surface area (Å²) >= 11 is 0. The molecule has 1 saturated carbocycles. The number of carbonyl (C=O) groups excluding carboxylic acids is 1. The van der Waals surface area contributed by atoms with Crippen LogP contribution in [0.5, 0.6) is 0 Å². The zero-order chi connectivity index (χ0) is 34.5. The third kappa shape index (κ3) is 8.57. The van der Waals surface area contributed by atoms with Gasteiger partial charge in [0.05, 0.1) is 31.3 Å². The summed E-state index contributed by atoms with van der Waals surface area (Å²) in [5.41, 5.74) is 26.7. The fourth-order valence-electron chi connectivity index (χ4n) is 5.63. The molecular formula is C25H50N8O13. The van der Waals surface area contributed by atoms with Crippen LogP contribution in [0.25, 0.3) is 0 Å². The molecule has 0 aromatic carbocycles. The normalized spacial score (nSPS) is 43.0. The SMILES string of the molecule is CCC(O)(N=C(N)N)C(=O)N[C@@H]1C[C@H](N)C(O[C@H]2O[C@H](CNCCO)[C@@H](O)[C@H](O)[C@H]2N)[C@H](O)[C@H]1O[C@H]1O[C@H](CO)[C@@H](O)[C@H](N)[C@H]1O. The molecule has 0 bridgehead atoms. The minimum absolute atomic E-state index is 0.00431. The van der Waals surface area contributed by atoms with E-state index in [2.05, 4.69) is 15.6 Å². The van der Waals surface area contributed by atoms with Gasteiger partial charge in [-0.05, 0) is 6.42 Å². The summed E-state index contributed by atoms with van der Waals surface area (Å²) < 4.78 is 23.2. The van der Waals surface area contributed by atoms with Crippen LogP contribution in [0.2, 0.25) is 0 Å². The van der Waals surface area contributed by atoms with Crippen molar-refractivity contribution >= 4 is 11.9 Å². The van der Waals surface area contributed by atoms with E-state index in [0.29, 0.717) is 0 Å².